The van der Waals surface area contributed by atoms with Crippen molar-refractivity contribution in [1.82, 2.24) is 4.57 Å². The van der Waals surface area contributed by atoms with E-state index in [0.717, 1.165) is 13.0 Å². The fourth-order valence-corrected chi connectivity index (χ4v) is 3.65. The summed E-state index contributed by atoms with van der Waals surface area (Å²) >= 11 is 0. The van der Waals surface area contributed by atoms with Crippen molar-refractivity contribution in [1.29, 1.82) is 0 Å². The first kappa shape index (κ1) is 17.9. The number of rotatable bonds is 2. The molecule has 0 saturated heterocycles. The normalized spacial score (nSPS) is 13.7. The van der Waals surface area contributed by atoms with Crippen LogP contribution in [0.1, 0.15) is 36.2 Å². The number of halogens is 1. The summed E-state index contributed by atoms with van der Waals surface area (Å²) in [6.07, 6.45) is 7.40. The summed E-state index contributed by atoms with van der Waals surface area (Å²) in [6.45, 7) is 5.43. The van der Waals surface area contributed by atoms with Crippen molar-refractivity contribution in [3.63, 3.8) is 0 Å². The number of aromatic nitrogens is 2. The van der Waals surface area contributed by atoms with Crippen molar-refractivity contribution in [3.8, 4) is 16.9 Å². The third-order valence-electron chi connectivity index (χ3n) is 5.05. The molecule has 0 spiro atoms. The molecule has 0 saturated carbocycles. The zero-order valence-corrected chi connectivity index (χ0v) is 16.6. The Kier molecular flexibility index (Phi) is 5.43. The highest BCUT2D eigenvalue weighted by atomic mass is 79.9. The van der Waals surface area contributed by atoms with Gasteiger partial charge < -0.3 is 17.0 Å². The molecular formula is C22H25BrN2. The molecule has 4 rings (SSSR count). The SMILES string of the molecule is Cc1ccc(-c2c[n+]3c(n2-c2ccc(C)cc2)CCCCC3)cc1.[Br-]. The standard InChI is InChI=1S/C22H25N2.BrH/c1-17-7-11-19(12-8-17)21-16-23-15-5-3-4-6-22(23)24(21)20-13-9-18(2)10-14-20;/h7-14,16H,3-6,15H2,1-2H3;1H/q+1;/p-1. The van der Waals surface area contributed by atoms with Gasteiger partial charge in [-0.1, -0.05) is 47.5 Å². The lowest BCUT2D eigenvalue weighted by atomic mass is 10.1. The molecule has 1 aromatic heterocycles. The lowest BCUT2D eigenvalue weighted by Crippen LogP contribution is -3.00. The zero-order valence-electron chi connectivity index (χ0n) is 15.0. The van der Waals surface area contributed by atoms with E-state index < -0.39 is 0 Å². The van der Waals surface area contributed by atoms with Gasteiger partial charge in [-0.2, -0.15) is 4.57 Å². The van der Waals surface area contributed by atoms with Crippen LogP contribution in [0.4, 0.5) is 0 Å². The molecule has 0 radical (unpaired) electrons. The first-order valence-corrected chi connectivity index (χ1v) is 9.00. The van der Waals surface area contributed by atoms with Crippen molar-refractivity contribution < 1.29 is 21.5 Å². The van der Waals surface area contributed by atoms with Gasteiger partial charge in [0.1, 0.15) is 11.9 Å². The van der Waals surface area contributed by atoms with E-state index in [4.69, 9.17) is 0 Å². The maximum absolute atomic E-state index is 2.47. The quantitative estimate of drug-likeness (QED) is 0.583. The topological polar surface area (TPSA) is 8.81 Å². The highest BCUT2D eigenvalue weighted by Crippen LogP contribution is 2.27. The Morgan fingerprint density at radius 1 is 0.800 bits per heavy atom. The van der Waals surface area contributed by atoms with Crippen LogP contribution in [-0.4, -0.2) is 4.57 Å². The molecule has 0 bridgehead atoms. The molecule has 2 aromatic carbocycles. The monoisotopic (exact) mass is 396 g/mol. The Bertz CT molecular complexity index is 845. The van der Waals surface area contributed by atoms with Crippen LogP contribution in [0.25, 0.3) is 16.9 Å². The number of aryl methyl sites for hydroxylation is 3. The van der Waals surface area contributed by atoms with Crippen LogP contribution in [0.15, 0.2) is 54.7 Å². The largest absolute Gasteiger partial charge is 1.00 e. The van der Waals surface area contributed by atoms with Crippen LogP contribution in [0.5, 0.6) is 0 Å². The number of hydrogen-bond donors (Lipinski definition) is 0. The van der Waals surface area contributed by atoms with Crippen LogP contribution in [0, 0.1) is 13.8 Å². The second-order valence-corrected chi connectivity index (χ2v) is 6.97. The summed E-state index contributed by atoms with van der Waals surface area (Å²) in [5.41, 5.74) is 6.48. The Morgan fingerprint density at radius 3 is 2.12 bits per heavy atom. The molecule has 0 aliphatic carbocycles. The molecular weight excluding hydrogens is 372 g/mol. The second kappa shape index (κ2) is 7.57. The average molecular weight is 397 g/mol. The van der Waals surface area contributed by atoms with E-state index in [2.05, 4.69) is 77.7 Å². The minimum atomic E-state index is 0. The molecule has 3 heteroatoms. The van der Waals surface area contributed by atoms with Gasteiger partial charge in [0.25, 0.3) is 5.82 Å². The van der Waals surface area contributed by atoms with Gasteiger partial charge >= 0.3 is 0 Å². The number of nitrogens with zero attached hydrogens (tertiary/aromatic N) is 2. The maximum atomic E-state index is 2.47. The molecule has 2 heterocycles. The number of imidazole rings is 1. The Morgan fingerprint density at radius 2 is 1.44 bits per heavy atom. The van der Waals surface area contributed by atoms with E-state index >= 15 is 0 Å². The first-order valence-electron chi connectivity index (χ1n) is 9.00. The van der Waals surface area contributed by atoms with E-state index in [1.54, 1.807) is 0 Å². The lowest BCUT2D eigenvalue weighted by molar-refractivity contribution is -0.702. The Labute approximate surface area is 160 Å². The van der Waals surface area contributed by atoms with Gasteiger partial charge in [-0.15, -0.1) is 0 Å². The van der Waals surface area contributed by atoms with E-state index in [-0.39, 0.29) is 17.0 Å². The van der Waals surface area contributed by atoms with Gasteiger partial charge in [-0.3, -0.25) is 0 Å². The smallest absolute Gasteiger partial charge is 0.262 e. The van der Waals surface area contributed by atoms with E-state index in [1.807, 2.05) is 0 Å². The van der Waals surface area contributed by atoms with Gasteiger partial charge in [-0.25, -0.2) is 4.57 Å². The Balaban J connectivity index is 0.00000182. The molecule has 0 unspecified atom stereocenters. The van der Waals surface area contributed by atoms with Crippen LogP contribution < -0.4 is 21.5 Å². The minimum absolute atomic E-state index is 0. The maximum Gasteiger partial charge on any atom is 0.262 e. The molecule has 25 heavy (non-hydrogen) atoms. The number of fused-ring (bicyclic) bond motifs is 1. The van der Waals surface area contributed by atoms with Crippen molar-refractivity contribution in [3.05, 3.63) is 71.7 Å². The van der Waals surface area contributed by atoms with E-state index in [0.29, 0.717) is 0 Å². The van der Waals surface area contributed by atoms with Crippen molar-refractivity contribution in [2.24, 2.45) is 0 Å². The summed E-state index contributed by atoms with van der Waals surface area (Å²) in [6, 6.07) is 17.8. The van der Waals surface area contributed by atoms with E-state index in [9.17, 15) is 0 Å². The number of benzene rings is 2. The van der Waals surface area contributed by atoms with Crippen molar-refractivity contribution in [2.45, 2.75) is 46.1 Å². The molecule has 0 N–H and O–H groups in total. The highest BCUT2D eigenvalue weighted by molar-refractivity contribution is 5.62. The summed E-state index contributed by atoms with van der Waals surface area (Å²) in [5, 5.41) is 0. The van der Waals surface area contributed by atoms with Crippen molar-refractivity contribution in [2.75, 3.05) is 0 Å². The fraction of sp³-hybridized carbons (Fsp3) is 0.318. The predicted octanol–water partition coefficient (Wildman–Crippen LogP) is 1.78. The third-order valence-corrected chi connectivity index (χ3v) is 5.05. The fourth-order valence-electron chi connectivity index (χ4n) is 3.65. The average Bonchev–Trinajstić information content (AvgIpc) is 2.79. The molecule has 0 atom stereocenters. The molecule has 1 aliphatic rings. The van der Waals surface area contributed by atoms with Crippen LogP contribution in [0.2, 0.25) is 0 Å². The first-order chi connectivity index (χ1) is 11.7. The van der Waals surface area contributed by atoms with E-state index in [1.165, 1.54) is 53.2 Å². The van der Waals surface area contributed by atoms with Crippen molar-refractivity contribution >= 4 is 0 Å². The summed E-state index contributed by atoms with van der Waals surface area (Å²) < 4.78 is 4.94. The number of hydrogen-bond acceptors (Lipinski definition) is 0. The third kappa shape index (κ3) is 3.57. The predicted molar refractivity (Wildman–Crippen MR) is 98.4 cm³/mol. The second-order valence-electron chi connectivity index (χ2n) is 6.97. The lowest BCUT2D eigenvalue weighted by Gasteiger charge is -2.06. The molecule has 0 fully saturated rings. The van der Waals surface area contributed by atoms with Gasteiger partial charge in [-0.05, 0) is 45.2 Å². The van der Waals surface area contributed by atoms with Gasteiger partial charge in [0.05, 0.1) is 6.54 Å². The van der Waals surface area contributed by atoms with Crippen LogP contribution in [-0.2, 0) is 13.0 Å². The zero-order chi connectivity index (χ0) is 16.5. The highest BCUT2D eigenvalue weighted by Gasteiger charge is 2.26. The summed E-state index contributed by atoms with van der Waals surface area (Å²) in [5.74, 6) is 1.44. The van der Waals surface area contributed by atoms with Crippen LogP contribution >= 0.6 is 0 Å². The molecule has 0 amide bonds. The molecule has 2 nitrogen and oxygen atoms in total. The van der Waals surface area contributed by atoms with Gasteiger partial charge in [0.2, 0.25) is 0 Å². The molecule has 130 valence electrons. The molecule has 3 aromatic rings. The van der Waals surface area contributed by atoms with Gasteiger partial charge in [0.15, 0.2) is 5.69 Å². The van der Waals surface area contributed by atoms with Gasteiger partial charge in [0, 0.05) is 12.0 Å². The summed E-state index contributed by atoms with van der Waals surface area (Å²) in [7, 11) is 0. The summed E-state index contributed by atoms with van der Waals surface area (Å²) in [4.78, 5) is 0. The van der Waals surface area contributed by atoms with Crippen LogP contribution in [0.3, 0.4) is 0 Å². The Hall–Kier alpha value is -1.87. The molecule has 1 aliphatic heterocycles. The minimum Gasteiger partial charge on any atom is -1.00 e.